The van der Waals surface area contributed by atoms with Crippen molar-refractivity contribution in [2.24, 2.45) is 0 Å². The number of aliphatic hydroxyl groups excluding tert-OH is 1. The van der Waals surface area contributed by atoms with Crippen molar-refractivity contribution in [2.75, 3.05) is 24.7 Å². The Balaban J connectivity index is 1.68. The Morgan fingerprint density at radius 1 is 1.42 bits per heavy atom. The van der Waals surface area contributed by atoms with E-state index in [2.05, 4.69) is 19.9 Å². The number of morpholine rings is 1. The molecule has 2 N–H and O–H groups in total. The summed E-state index contributed by atoms with van der Waals surface area (Å²) in [5.41, 5.74) is -0.0915. The first-order chi connectivity index (χ1) is 17.2. The number of sulfonamides is 1. The lowest BCUT2D eigenvalue weighted by molar-refractivity contribution is -0.0134. The number of fused-ring (bicyclic) bond motifs is 1. The topological polar surface area (TPSA) is 146 Å². The number of alkyl halides is 2. The van der Waals surface area contributed by atoms with E-state index in [-0.39, 0.29) is 28.4 Å². The molecule has 1 saturated heterocycles. The minimum Gasteiger partial charge on any atom is -0.394 e. The standard InChI is InChI=1S/C21H23F2N7O4S2/c1-2-12-10-34-13(9-31)7-29(12)15-5-14(36(32,33)28-21(11-24)3-4-21)8-30-16(15)6-25-18(30)20-27-26-19(35-20)17(22)23/h5-6,8,12-13,17,28,31H,2-4,7,9-10H2,1H3/t12-,13+/m0/s1. The van der Waals surface area contributed by atoms with Crippen molar-refractivity contribution in [1.29, 1.82) is 5.26 Å². The van der Waals surface area contributed by atoms with Crippen LogP contribution in [0.2, 0.25) is 0 Å². The van der Waals surface area contributed by atoms with Gasteiger partial charge in [0.25, 0.3) is 6.43 Å². The summed E-state index contributed by atoms with van der Waals surface area (Å²) in [4.78, 5) is 6.21. The first kappa shape index (κ1) is 24.9. The van der Waals surface area contributed by atoms with E-state index in [9.17, 15) is 27.6 Å². The van der Waals surface area contributed by atoms with Gasteiger partial charge in [-0.3, -0.25) is 4.40 Å². The van der Waals surface area contributed by atoms with Gasteiger partial charge in [-0.1, -0.05) is 18.3 Å². The third kappa shape index (κ3) is 4.43. The summed E-state index contributed by atoms with van der Waals surface area (Å²) < 4.78 is 62.7. The van der Waals surface area contributed by atoms with Crippen molar-refractivity contribution >= 4 is 32.6 Å². The zero-order chi connectivity index (χ0) is 25.7. The molecule has 0 spiro atoms. The van der Waals surface area contributed by atoms with E-state index in [0.717, 1.165) is 0 Å². The van der Waals surface area contributed by atoms with E-state index in [1.54, 1.807) is 0 Å². The number of hydrogen-bond acceptors (Lipinski definition) is 10. The van der Waals surface area contributed by atoms with Gasteiger partial charge in [0.05, 0.1) is 48.8 Å². The van der Waals surface area contributed by atoms with Gasteiger partial charge in [0, 0.05) is 12.7 Å². The van der Waals surface area contributed by atoms with E-state index in [1.807, 2.05) is 17.9 Å². The zero-order valence-electron chi connectivity index (χ0n) is 19.1. The molecular weight excluding hydrogens is 516 g/mol. The van der Waals surface area contributed by atoms with Crippen LogP contribution in [0.5, 0.6) is 0 Å². The van der Waals surface area contributed by atoms with Crippen LogP contribution >= 0.6 is 11.3 Å². The molecule has 0 unspecified atom stereocenters. The van der Waals surface area contributed by atoms with Crippen molar-refractivity contribution in [3.63, 3.8) is 0 Å². The summed E-state index contributed by atoms with van der Waals surface area (Å²) in [7, 11) is -4.13. The van der Waals surface area contributed by atoms with Crippen LogP contribution in [0.15, 0.2) is 23.4 Å². The van der Waals surface area contributed by atoms with Crippen molar-refractivity contribution in [2.45, 2.75) is 55.2 Å². The summed E-state index contributed by atoms with van der Waals surface area (Å²) in [6.07, 6.45) is 1.10. The molecule has 11 nitrogen and oxygen atoms in total. The van der Waals surface area contributed by atoms with Crippen LogP contribution in [-0.4, -0.2) is 70.5 Å². The summed E-state index contributed by atoms with van der Waals surface area (Å²) in [6.45, 7) is 2.39. The van der Waals surface area contributed by atoms with Crippen LogP contribution in [0.3, 0.4) is 0 Å². The lowest BCUT2D eigenvalue weighted by atomic mass is 10.1. The Bertz CT molecular complexity index is 1430. The molecule has 1 saturated carbocycles. The Hall–Kier alpha value is -2.77. The normalized spacial score (nSPS) is 21.7. The highest BCUT2D eigenvalue weighted by Crippen LogP contribution is 2.38. The summed E-state index contributed by atoms with van der Waals surface area (Å²) in [6, 6.07) is 3.41. The molecule has 0 aromatic carbocycles. The van der Waals surface area contributed by atoms with E-state index in [0.29, 0.717) is 55.0 Å². The fourth-order valence-electron chi connectivity index (χ4n) is 4.18. The molecule has 5 rings (SSSR count). The molecule has 0 bridgehead atoms. The monoisotopic (exact) mass is 539 g/mol. The molecule has 2 aliphatic rings. The molecule has 2 atom stereocenters. The first-order valence-corrected chi connectivity index (χ1v) is 13.6. The molecule has 3 aromatic heterocycles. The fourth-order valence-corrected chi connectivity index (χ4v) is 6.27. The number of ether oxygens (including phenoxy) is 1. The van der Waals surface area contributed by atoms with E-state index < -0.39 is 33.1 Å². The summed E-state index contributed by atoms with van der Waals surface area (Å²) in [5.74, 6) is 0.161. The number of pyridine rings is 1. The van der Waals surface area contributed by atoms with Crippen molar-refractivity contribution < 1.29 is 27.0 Å². The average molecular weight is 540 g/mol. The molecule has 1 aliphatic heterocycles. The highest BCUT2D eigenvalue weighted by Gasteiger charge is 2.47. The minimum absolute atomic E-state index is 0.108. The number of anilines is 1. The summed E-state index contributed by atoms with van der Waals surface area (Å²) >= 11 is 0.671. The molecule has 1 aliphatic carbocycles. The van der Waals surface area contributed by atoms with Crippen molar-refractivity contribution in [3.8, 4) is 16.9 Å². The van der Waals surface area contributed by atoms with Gasteiger partial charge in [0.1, 0.15) is 10.4 Å². The predicted molar refractivity (Wildman–Crippen MR) is 125 cm³/mol. The maximum absolute atomic E-state index is 13.4. The number of aliphatic hydroxyl groups is 1. The van der Waals surface area contributed by atoms with E-state index in [1.165, 1.54) is 22.9 Å². The molecule has 2 fully saturated rings. The van der Waals surface area contributed by atoms with Gasteiger partial charge in [0.2, 0.25) is 10.0 Å². The molecule has 4 heterocycles. The number of nitriles is 1. The van der Waals surface area contributed by atoms with Gasteiger partial charge < -0.3 is 14.7 Å². The number of nitrogens with one attached hydrogen (secondary N) is 1. The molecular formula is C21H23F2N7O4S2. The van der Waals surface area contributed by atoms with Gasteiger partial charge in [-0.2, -0.15) is 9.98 Å². The maximum atomic E-state index is 13.4. The average Bonchev–Trinajstić information content (AvgIpc) is 3.26. The zero-order valence-corrected chi connectivity index (χ0v) is 20.8. The van der Waals surface area contributed by atoms with Crippen LogP contribution in [0.4, 0.5) is 14.5 Å². The number of aromatic nitrogens is 4. The molecule has 192 valence electrons. The van der Waals surface area contributed by atoms with Crippen LogP contribution in [0.1, 0.15) is 37.6 Å². The van der Waals surface area contributed by atoms with Gasteiger partial charge in [-0.25, -0.2) is 22.2 Å². The van der Waals surface area contributed by atoms with Gasteiger partial charge in [-0.05, 0) is 25.3 Å². The van der Waals surface area contributed by atoms with Gasteiger partial charge in [0.15, 0.2) is 15.8 Å². The lowest BCUT2D eigenvalue weighted by Gasteiger charge is -2.40. The largest absolute Gasteiger partial charge is 0.394 e. The SMILES string of the molecule is CC[C@H]1CO[C@@H](CO)CN1c1cc(S(=O)(=O)NC2(C#N)CC2)cn2c(-c3nnc(C(F)F)s3)ncc12. The molecule has 15 heteroatoms. The minimum atomic E-state index is -4.13. The Morgan fingerprint density at radius 2 is 2.19 bits per heavy atom. The fraction of sp³-hybridized carbons (Fsp3) is 0.524. The number of halogens is 2. The highest BCUT2D eigenvalue weighted by atomic mass is 32.2. The molecule has 0 amide bonds. The van der Waals surface area contributed by atoms with Crippen molar-refractivity contribution in [1.82, 2.24) is 24.3 Å². The predicted octanol–water partition coefficient (Wildman–Crippen LogP) is 2.10. The second kappa shape index (κ2) is 9.27. The third-order valence-electron chi connectivity index (χ3n) is 6.37. The quantitative estimate of drug-likeness (QED) is 0.439. The number of nitrogens with zero attached hydrogens (tertiary/aromatic N) is 6. The summed E-state index contributed by atoms with van der Waals surface area (Å²) in [5, 5.41) is 26.1. The van der Waals surface area contributed by atoms with Crippen LogP contribution in [0, 0.1) is 11.3 Å². The smallest absolute Gasteiger partial charge is 0.291 e. The number of rotatable bonds is 8. The lowest BCUT2D eigenvalue weighted by Crippen LogP contribution is -2.51. The van der Waals surface area contributed by atoms with Crippen molar-refractivity contribution in [3.05, 3.63) is 23.5 Å². The van der Waals surface area contributed by atoms with Crippen LogP contribution in [-0.2, 0) is 14.8 Å². The first-order valence-electron chi connectivity index (χ1n) is 11.3. The van der Waals surface area contributed by atoms with E-state index in [4.69, 9.17) is 4.74 Å². The molecule has 36 heavy (non-hydrogen) atoms. The Morgan fingerprint density at radius 3 is 2.81 bits per heavy atom. The number of hydrogen-bond donors (Lipinski definition) is 2. The second-order valence-corrected chi connectivity index (χ2v) is 11.5. The van der Waals surface area contributed by atoms with Gasteiger partial charge in [-0.15, -0.1) is 10.2 Å². The Labute approximate surface area is 209 Å². The number of imidazole rings is 1. The third-order valence-corrected chi connectivity index (χ3v) is 8.80. The molecule has 3 aromatic rings. The van der Waals surface area contributed by atoms with Crippen LogP contribution < -0.4 is 9.62 Å². The second-order valence-electron chi connectivity index (χ2n) is 8.80. The van der Waals surface area contributed by atoms with E-state index >= 15 is 0 Å². The Kier molecular flexibility index (Phi) is 6.41. The molecule has 0 radical (unpaired) electrons. The van der Waals surface area contributed by atoms with Gasteiger partial charge >= 0.3 is 0 Å². The maximum Gasteiger partial charge on any atom is 0.291 e. The highest BCUT2D eigenvalue weighted by molar-refractivity contribution is 7.89. The van der Waals surface area contributed by atoms with Crippen LogP contribution in [0.25, 0.3) is 16.3 Å².